The SMILES string of the molecule is C[C@@]12CN(CC[N+](C)(C)C)C[C@@]1(C)[C@@H]1CC[C@@H]2O1. The standard InChI is InChI=1S/C15H29N2O/c1-14-10-16(8-9-17(3,4)5)11-15(14,2)13-7-6-12(14)18-13/h12-13H,6-11H2,1-5H3/q+1/t12-,13-,14-,15-/m0/s1. The van der Waals surface area contributed by atoms with Crippen LogP contribution >= 0.6 is 0 Å². The lowest BCUT2D eigenvalue weighted by atomic mass is 9.60. The van der Waals surface area contributed by atoms with Crippen molar-refractivity contribution in [1.29, 1.82) is 0 Å². The maximum Gasteiger partial charge on any atom is 0.0909 e. The number of ether oxygens (including phenoxy) is 1. The third-order valence-corrected chi connectivity index (χ3v) is 5.94. The highest BCUT2D eigenvalue weighted by atomic mass is 16.5. The van der Waals surface area contributed by atoms with E-state index >= 15 is 0 Å². The maximum atomic E-state index is 6.21. The number of quaternary nitrogens is 1. The van der Waals surface area contributed by atoms with Gasteiger partial charge in [0.2, 0.25) is 0 Å². The number of rotatable bonds is 3. The second-order valence-corrected chi connectivity index (χ2v) is 8.25. The largest absolute Gasteiger partial charge is 0.374 e. The van der Waals surface area contributed by atoms with E-state index in [1.165, 1.54) is 39.0 Å². The number of hydrogen-bond donors (Lipinski definition) is 0. The Kier molecular flexibility index (Phi) is 2.66. The molecule has 0 unspecified atom stereocenters. The molecule has 4 atom stereocenters. The van der Waals surface area contributed by atoms with Crippen molar-refractivity contribution >= 4 is 0 Å². The fourth-order valence-corrected chi connectivity index (χ4v) is 4.46. The molecule has 3 rings (SSSR count). The molecule has 18 heavy (non-hydrogen) atoms. The van der Waals surface area contributed by atoms with Crippen LogP contribution in [0.1, 0.15) is 26.7 Å². The van der Waals surface area contributed by atoms with E-state index in [1.54, 1.807) is 0 Å². The van der Waals surface area contributed by atoms with Crippen molar-refractivity contribution in [1.82, 2.24) is 4.90 Å². The van der Waals surface area contributed by atoms with E-state index in [-0.39, 0.29) is 0 Å². The van der Waals surface area contributed by atoms with E-state index in [0.717, 1.165) is 4.48 Å². The molecule has 0 saturated carbocycles. The Morgan fingerprint density at radius 1 is 1.06 bits per heavy atom. The van der Waals surface area contributed by atoms with Crippen LogP contribution in [0.3, 0.4) is 0 Å². The first-order chi connectivity index (χ1) is 8.25. The van der Waals surface area contributed by atoms with Crippen molar-refractivity contribution < 1.29 is 9.22 Å². The summed E-state index contributed by atoms with van der Waals surface area (Å²) in [6, 6.07) is 0. The van der Waals surface area contributed by atoms with Gasteiger partial charge < -0.3 is 9.22 Å². The van der Waals surface area contributed by atoms with Crippen LogP contribution < -0.4 is 0 Å². The summed E-state index contributed by atoms with van der Waals surface area (Å²) in [5.41, 5.74) is 0.807. The molecular weight excluding hydrogens is 224 g/mol. The van der Waals surface area contributed by atoms with Crippen LogP contribution in [-0.4, -0.2) is 68.9 Å². The fourth-order valence-electron chi connectivity index (χ4n) is 4.46. The van der Waals surface area contributed by atoms with Crippen LogP contribution in [0.4, 0.5) is 0 Å². The van der Waals surface area contributed by atoms with Crippen LogP contribution in [0.15, 0.2) is 0 Å². The van der Waals surface area contributed by atoms with Gasteiger partial charge in [-0.25, -0.2) is 0 Å². The second kappa shape index (κ2) is 3.71. The molecule has 3 heteroatoms. The molecule has 3 saturated heterocycles. The number of likely N-dealkylation sites (tertiary alicyclic amines) is 1. The molecule has 0 spiro atoms. The van der Waals surface area contributed by atoms with Crippen LogP contribution in [0, 0.1) is 10.8 Å². The minimum absolute atomic E-state index is 0.404. The molecule has 0 aliphatic carbocycles. The maximum absolute atomic E-state index is 6.21. The first-order valence-corrected chi connectivity index (χ1v) is 7.43. The Hall–Kier alpha value is -0.120. The second-order valence-electron chi connectivity index (χ2n) is 8.25. The molecule has 104 valence electrons. The lowest BCUT2D eigenvalue weighted by Crippen LogP contribution is -2.45. The highest BCUT2D eigenvalue weighted by Gasteiger charge is 2.67. The minimum atomic E-state index is 0.404. The predicted octanol–water partition coefficient (Wildman–Crippen LogP) is 1.58. The lowest BCUT2D eigenvalue weighted by Gasteiger charge is -2.40. The van der Waals surface area contributed by atoms with Crippen LogP contribution in [-0.2, 0) is 4.74 Å². The molecule has 0 radical (unpaired) electrons. The molecule has 3 aliphatic heterocycles. The summed E-state index contributed by atoms with van der Waals surface area (Å²) >= 11 is 0. The molecule has 0 N–H and O–H groups in total. The third-order valence-electron chi connectivity index (χ3n) is 5.94. The van der Waals surface area contributed by atoms with Gasteiger partial charge >= 0.3 is 0 Å². The van der Waals surface area contributed by atoms with Gasteiger partial charge in [0.25, 0.3) is 0 Å². The molecular formula is C15H29N2O+. The van der Waals surface area contributed by atoms with Crippen molar-refractivity contribution in [2.24, 2.45) is 10.8 Å². The van der Waals surface area contributed by atoms with Crippen molar-refractivity contribution in [3.05, 3.63) is 0 Å². The Balaban J connectivity index is 1.71. The molecule has 0 aromatic rings. The van der Waals surface area contributed by atoms with Gasteiger partial charge in [0.15, 0.2) is 0 Å². The fraction of sp³-hybridized carbons (Fsp3) is 1.00. The van der Waals surface area contributed by atoms with Gasteiger partial charge in [0.05, 0.1) is 39.9 Å². The van der Waals surface area contributed by atoms with Crippen LogP contribution in [0.5, 0.6) is 0 Å². The molecule has 0 aromatic heterocycles. The molecule has 3 nitrogen and oxygen atoms in total. The van der Waals surface area contributed by atoms with Crippen molar-refractivity contribution in [3.63, 3.8) is 0 Å². The monoisotopic (exact) mass is 253 g/mol. The zero-order valence-electron chi connectivity index (χ0n) is 12.7. The van der Waals surface area contributed by atoms with Gasteiger partial charge in [-0.05, 0) is 12.8 Å². The van der Waals surface area contributed by atoms with Gasteiger partial charge in [0, 0.05) is 30.5 Å². The molecule has 2 bridgehead atoms. The first kappa shape index (κ1) is 12.9. The average molecular weight is 253 g/mol. The highest BCUT2D eigenvalue weighted by molar-refractivity contribution is 5.16. The third kappa shape index (κ3) is 1.67. The minimum Gasteiger partial charge on any atom is -0.374 e. The van der Waals surface area contributed by atoms with Crippen LogP contribution in [0.25, 0.3) is 0 Å². The topological polar surface area (TPSA) is 12.5 Å². The zero-order valence-corrected chi connectivity index (χ0v) is 12.7. The van der Waals surface area contributed by atoms with Crippen molar-refractivity contribution in [3.8, 4) is 0 Å². The van der Waals surface area contributed by atoms with Crippen molar-refractivity contribution in [2.75, 3.05) is 47.3 Å². The summed E-state index contributed by atoms with van der Waals surface area (Å²) in [6.45, 7) is 9.90. The molecule has 0 aromatic carbocycles. The summed E-state index contributed by atoms with van der Waals surface area (Å²) in [4.78, 5) is 2.69. The van der Waals surface area contributed by atoms with E-state index in [4.69, 9.17) is 4.74 Å². The number of likely N-dealkylation sites (N-methyl/N-ethyl adjacent to an activating group) is 1. The van der Waals surface area contributed by atoms with Gasteiger partial charge in [-0.2, -0.15) is 0 Å². The smallest absolute Gasteiger partial charge is 0.0909 e. The molecule has 3 aliphatic rings. The number of fused-ring (bicyclic) bond motifs is 5. The Labute approximate surface area is 112 Å². The molecule has 0 amide bonds. The average Bonchev–Trinajstić information content (AvgIpc) is 2.84. The van der Waals surface area contributed by atoms with Crippen LogP contribution in [0.2, 0.25) is 0 Å². The summed E-state index contributed by atoms with van der Waals surface area (Å²) < 4.78 is 7.27. The quantitative estimate of drug-likeness (QED) is 0.708. The predicted molar refractivity (Wildman–Crippen MR) is 73.4 cm³/mol. The number of nitrogens with zero attached hydrogens (tertiary/aromatic N) is 2. The van der Waals surface area contributed by atoms with Crippen molar-refractivity contribution in [2.45, 2.75) is 38.9 Å². The Bertz CT molecular complexity index is 327. The summed E-state index contributed by atoms with van der Waals surface area (Å²) in [5, 5.41) is 0. The molecule has 3 heterocycles. The van der Waals surface area contributed by atoms with E-state index in [2.05, 4.69) is 39.9 Å². The van der Waals surface area contributed by atoms with Gasteiger partial charge in [-0.1, -0.05) is 13.8 Å². The van der Waals surface area contributed by atoms with E-state index in [9.17, 15) is 0 Å². The summed E-state index contributed by atoms with van der Waals surface area (Å²) in [6.07, 6.45) is 3.64. The zero-order chi connectivity index (χ0) is 13.2. The van der Waals surface area contributed by atoms with E-state index in [0.29, 0.717) is 23.0 Å². The lowest BCUT2D eigenvalue weighted by molar-refractivity contribution is -0.869. The Morgan fingerprint density at radius 2 is 1.56 bits per heavy atom. The molecule has 3 fully saturated rings. The number of hydrogen-bond acceptors (Lipinski definition) is 2. The van der Waals surface area contributed by atoms with Gasteiger partial charge in [0.1, 0.15) is 0 Å². The highest BCUT2D eigenvalue weighted by Crippen LogP contribution is 2.62. The summed E-state index contributed by atoms with van der Waals surface area (Å²) in [5.74, 6) is 0. The first-order valence-electron chi connectivity index (χ1n) is 7.43. The van der Waals surface area contributed by atoms with Gasteiger partial charge in [-0.3, -0.25) is 4.90 Å². The van der Waals surface area contributed by atoms with E-state index < -0.39 is 0 Å². The van der Waals surface area contributed by atoms with Gasteiger partial charge in [-0.15, -0.1) is 0 Å². The Morgan fingerprint density at radius 3 is 2.00 bits per heavy atom. The van der Waals surface area contributed by atoms with E-state index in [1.807, 2.05) is 0 Å². The summed E-state index contributed by atoms with van der Waals surface area (Å²) in [7, 11) is 6.85. The normalized spacial score (nSPS) is 47.8.